The van der Waals surface area contributed by atoms with Crippen LogP contribution in [0, 0.1) is 0 Å². The van der Waals surface area contributed by atoms with Crippen LogP contribution < -0.4 is 5.32 Å². The molecule has 1 N–H and O–H groups in total. The predicted octanol–water partition coefficient (Wildman–Crippen LogP) is 1.31. The van der Waals surface area contributed by atoms with E-state index in [-0.39, 0.29) is 5.54 Å². The highest BCUT2D eigenvalue weighted by atomic mass is 16.5. The van der Waals surface area contributed by atoms with E-state index in [0.717, 1.165) is 5.82 Å². The average Bonchev–Trinajstić information content (AvgIpc) is 2.04. The second kappa shape index (κ2) is 4.18. The fourth-order valence-corrected chi connectivity index (χ4v) is 1.11. The highest BCUT2D eigenvalue weighted by Gasteiger charge is 2.17. The number of hydrogen-bond acceptors (Lipinski definition) is 4. The summed E-state index contributed by atoms with van der Waals surface area (Å²) in [5.41, 5.74) is -0.120. The molecule has 0 radical (unpaired) electrons. The molecule has 0 aliphatic heterocycles. The monoisotopic (exact) mass is 181 g/mol. The van der Waals surface area contributed by atoms with Crippen LogP contribution in [-0.4, -0.2) is 29.5 Å². The van der Waals surface area contributed by atoms with E-state index in [0.29, 0.717) is 6.61 Å². The van der Waals surface area contributed by atoms with E-state index in [1.165, 1.54) is 0 Å². The number of methoxy groups -OCH3 is 1. The third-order valence-electron chi connectivity index (χ3n) is 1.54. The quantitative estimate of drug-likeness (QED) is 0.760. The molecular weight excluding hydrogens is 166 g/mol. The van der Waals surface area contributed by atoms with Gasteiger partial charge in [-0.25, -0.2) is 0 Å². The molecule has 1 aromatic heterocycles. The van der Waals surface area contributed by atoms with E-state index in [1.54, 1.807) is 13.3 Å². The van der Waals surface area contributed by atoms with Crippen LogP contribution in [0.15, 0.2) is 18.3 Å². The molecular formula is C9H15N3O. The number of nitrogens with one attached hydrogen (secondary N) is 1. The van der Waals surface area contributed by atoms with Gasteiger partial charge in [-0.2, -0.15) is 5.10 Å². The van der Waals surface area contributed by atoms with Crippen molar-refractivity contribution in [1.29, 1.82) is 0 Å². The molecule has 0 aliphatic carbocycles. The van der Waals surface area contributed by atoms with Gasteiger partial charge in [0.25, 0.3) is 0 Å². The van der Waals surface area contributed by atoms with Gasteiger partial charge in [-0.05, 0) is 26.0 Å². The molecule has 0 fully saturated rings. The van der Waals surface area contributed by atoms with Crippen molar-refractivity contribution in [2.45, 2.75) is 19.4 Å². The topological polar surface area (TPSA) is 47.0 Å². The van der Waals surface area contributed by atoms with Gasteiger partial charge in [-0.3, -0.25) is 0 Å². The molecule has 0 amide bonds. The number of nitrogens with zero attached hydrogens (tertiary/aromatic N) is 2. The zero-order chi connectivity index (χ0) is 9.73. The number of aromatic nitrogens is 2. The molecule has 0 unspecified atom stereocenters. The van der Waals surface area contributed by atoms with E-state index >= 15 is 0 Å². The van der Waals surface area contributed by atoms with Crippen LogP contribution in [0.25, 0.3) is 0 Å². The summed E-state index contributed by atoms with van der Waals surface area (Å²) < 4.78 is 5.07. The number of anilines is 1. The van der Waals surface area contributed by atoms with Crippen LogP contribution in [0.2, 0.25) is 0 Å². The summed E-state index contributed by atoms with van der Waals surface area (Å²) in [5.74, 6) is 0.768. The number of rotatable bonds is 4. The highest BCUT2D eigenvalue weighted by Crippen LogP contribution is 2.10. The first-order chi connectivity index (χ1) is 6.14. The van der Waals surface area contributed by atoms with E-state index < -0.39 is 0 Å². The standard InChI is InChI=1S/C9H15N3O/c1-9(2,7-13-3)11-8-5-4-6-10-12-8/h4-6H,7H2,1-3H3,(H,11,12). The minimum atomic E-state index is -0.120. The first-order valence-electron chi connectivity index (χ1n) is 4.19. The van der Waals surface area contributed by atoms with Gasteiger partial charge in [-0.15, -0.1) is 5.10 Å². The SMILES string of the molecule is COCC(C)(C)Nc1cccnn1. The van der Waals surface area contributed by atoms with Crippen molar-refractivity contribution in [2.24, 2.45) is 0 Å². The second-order valence-electron chi connectivity index (χ2n) is 3.55. The molecule has 1 rings (SSSR count). The van der Waals surface area contributed by atoms with Crippen LogP contribution in [0.5, 0.6) is 0 Å². The van der Waals surface area contributed by atoms with Gasteiger partial charge in [0.05, 0.1) is 12.1 Å². The summed E-state index contributed by atoms with van der Waals surface area (Å²) in [4.78, 5) is 0. The Hall–Kier alpha value is -1.16. The molecule has 72 valence electrons. The lowest BCUT2D eigenvalue weighted by atomic mass is 10.1. The average molecular weight is 181 g/mol. The summed E-state index contributed by atoms with van der Waals surface area (Å²) in [6.07, 6.45) is 1.65. The third kappa shape index (κ3) is 3.38. The summed E-state index contributed by atoms with van der Waals surface area (Å²) in [5, 5.41) is 10.9. The van der Waals surface area contributed by atoms with E-state index in [4.69, 9.17) is 4.74 Å². The molecule has 4 nitrogen and oxygen atoms in total. The Morgan fingerprint density at radius 2 is 2.31 bits per heavy atom. The lowest BCUT2D eigenvalue weighted by Crippen LogP contribution is -2.36. The highest BCUT2D eigenvalue weighted by molar-refractivity contribution is 5.34. The van der Waals surface area contributed by atoms with Crippen molar-refractivity contribution in [3.05, 3.63) is 18.3 Å². The molecule has 0 saturated heterocycles. The van der Waals surface area contributed by atoms with Gasteiger partial charge in [0.15, 0.2) is 0 Å². The van der Waals surface area contributed by atoms with Crippen LogP contribution >= 0.6 is 0 Å². The Kier molecular flexibility index (Phi) is 3.19. The molecule has 13 heavy (non-hydrogen) atoms. The maximum absolute atomic E-state index is 5.07. The van der Waals surface area contributed by atoms with E-state index in [2.05, 4.69) is 15.5 Å². The minimum Gasteiger partial charge on any atom is -0.382 e. The van der Waals surface area contributed by atoms with Crippen LogP contribution in [-0.2, 0) is 4.74 Å². The summed E-state index contributed by atoms with van der Waals surface area (Å²) in [6, 6.07) is 3.72. The van der Waals surface area contributed by atoms with Crippen molar-refractivity contribution in [1.82, 2.24) is 10.2 Å². The normalized spacial score (nSPS) is 11.3. The van der Waals surface area contributed by atoms with Gasteiger partial charge in [-0.1, -0.05) is 0 Å². The third-order valence-corrected chi connectivity index (χ3v) is 1.54. The molecule has 0 spiro atoms. The Morgan fingerprint density at radius 1 is 1.54 bits per heavy atom. The number of hydrogen-bond donors (Lipinski definition) is 1. The second-order valence-corrected chi connectivity index (χ2v) is 3.55. The van der Waals surface area contributed by atoms with Crippen LogP contribution in [0.3, 0.4) is 0 Å². The van der Waals surface area contributed by atoms with Crippen molar-refractivity contribution in [3.8, 4) is 0 Å². The molecule has 0 aromatic carbocycles. The zero-order valence-electron chi connectivity index (χ0n) is 8.24. The largest absolute Gasteiger partial charge is 0.382 e. The molecule has 1 aromatic rings. The molecule has 0 atom stereocenters. The summed E-state index contributed by atoms with van der Waals surface area (Å²) >= 11 is 0. The van der Waals surface area contributed by atoms with Crippen molar-refractivity contribution < 1.29 is 4.74 Å². The first-order valence-corrected chi connectivity index (χ1v) is 4.19. The van der Waals surface area contributed by atoms with Gasteiger partial charge in [0.1, 0.15) is 5.82 Å². The summed E-state index contributed by atoms with van der Waals surface area (Å²) in [7, 11) is 1.68. The van der Waals surface area contributed by atoms with Gasteiger partial charge in [0, 0.05) is 13.3 Å². The Balaban J connectivity index is 2.58. The summed E-state index contributed by atoms with van der Waals surface area (Å²) in [6.45, 7) is 4.72. The van der Waals surface area contributed by atoms with Gasteiger partial charge < -0.3 is 10.1 Å². The zero-order valence-corrected chi connectivity index (χ0v) is 8.24. The van der Waals surface area contributed by atoms with Crippen molar-refractivity contribution >= 4 is 5.82 Å². The van der Waals surface area contributed by atoms with E-state index in [9.17, 15) is 0 Å². The molecule has 0 saturated carbocycles. The maximum Gasteiger partial charge on any atom is 0.149 e. The molecule has 0 bridgehead atoms. The van der Waals surface area contributed by atoms with Crippen molar-refractivity contribution in [3.63, 3.8) is 0 Å². The van der Waals surface area contributed by atoms with Crippen molar-refractivity contribution in [2.75, 3.05) is 19.0 Å². The maximum atomic E-state index is 5.07. The Morgan fingerprint density at radius 3 is 2.85 bits per heavy atom. The van der Waals surface area contributed by atoms with Crippen LogP contribution in [0.4, 0.5) is 5.82 Å². The minimum absolute atomic E-state index is 0.120. The molecule has 1 heterocycles. The molecule has 4 heteroatoms. The van der Waals surface area contributed by atoms with Gasteiger partial charge >= 0.3 is 0 Å². The first kappa shape index (κ1) is 9.92. The fourth-order valence-electron chi connectivity index (χ4n) is 1.11. The number of ether oxygens (including phenoxy) is 1. The fraction of sp³-hybridized carbons (Fsp3) is 0.556. The smallest absolute Gasteiger partial charge is 0.149 e. The van der Waals surface area contributed by atoms with Gasteiger partial charge in [0.2, 0.25) is 0 Å². The van der Waals surface area contributed by atoms with Crippen LogP contribution in [0.1, 0.15) is 13.8 Å². The molecule has 0 aliphatic rings. The lowest BCUT2D eigenvalue weighted by Gasteiger charge is -2.25. The lowest BCUT2D eigenvalue weighted by molar-refractivity contribution is 0.158. The predicted molar refractivity (Wildman–Crippen MR) is 51.6 cm³/mol. The Bertz CT molecular complexity index is 248. The van der Waals surface area contributed by atoms with E-state index in [1.807, 2.05) is 26.0 Å². The Labute approximate surface area is 78.3 Å².